The minimum absolute atomic E-state index is 0.00164. The van der Waals surface area contributed by atoms with E-state index in [1.807, 2.05) is 59.5 Å². The number of ether oxygens (including phenoxy) is 1. The zero-order valence-corrected chi connectivity index (χ0v) is 17.2. The van der Waals surface area contributed by atoms with E-state index in [4.69, 9.17) is 4.74 Å². The van der Waals surface area contributed by atoms with Crippen molar-refractivity contribution < 1.29 is 17.9 Å². The Morgan fingerprint density at radius 3 is 2.34 bits per heavy atom. The van der Waals surface area contributed by atoms with Crippen molar-refractivity contribution in [2.45, 2.75) is 12.5 Å². The van der Waals surface area contributed by atoms with Gasteiger partial charge in [0.25, 0.3) is 5.91 Å². The maximum atomic E-state index is 12.6. The number of hydrogen-bond acceptors (Lipinski definition) is 5. The number of carbonyl (C=O) groups excluding carboxylic acids is 1. The van der Waals surface area contributed by atoms with E-state index in [0.717, 1.165) is 11.1 Å². The number of rotatable bonds is 5. The third-order valence-electron chi connectivity index (χ3n) is 5.71. The molecule has 2 aliphatic rings. The Bertz CT molecular complexity index is 954. The Hall–Kier alpha value is -2.38. The van der Waals surface area contributed by atoms with Gasteiger partial charge in [-0.1, -0.05) is 48.5 Å². The number of piperazine rings is 1. The SMILES string of the molecule is O=C(COc1ccccc1-c1ccccc1)N1CCN([C@H]2CCS(=O)(=O)C2)CC1. The van der Waals surface area contributed by atoms with Crippen molar-refractivity contribution in [2.75, 3.05) is 44.3 Å². The molecule has 0 saturated carbocycles. The first-order valence-electron chi connectivity index (χ1n) is 10.0. The lowest BCUT2D eigenvalue weighted by Crippen LogP contribution is -2.53. The molecule has 2 aliphatic heterocycles. The van der Waals surface area contributed by atoms with Crippen LogP contribution in [0.3, 0.4) is 0 Å². The van der Waals surface area contributed by atoms with Crippen LogP contribution in [0, 0.1) is 0 Å². The Morgan fingerprint density at radius 1 is 0.966 bits per heavy atom. The van der Waals surface area contributed by atoms with Crippen molar-refractivity contribution in [2.24, 2.45) is 0 Å². The van der Waals surface area contributed by atoms with Gasteiger partial charge in [0.05, 0.1) is 11.5 Å². The number of amides is 1. The molecule has 2 fully saturated rings. The molecule has 6 nitrogen and oxygen atoms in total. The molecule has 0 aliphatic carbocycles. The van der Waals surface area contributed by atoms with E-state index in [2.05, 4.69) is 4.90 Å². The van der Waals surface area contributed by atoms with Crippen LogP contribution in [0.25, 0.3) is 11.1 Å². The Balaban J connectivity index is 1.31. The second kappa shape index (κ2) is 8.55. The molecular formula is C22H26N2O4S. The summed E-state index contributed by atoms with van der Waals surface area (Å²) in [5.74, 6) is 1.19. The first kappa shape index (κ1) is 19.9. The second-order valence-electron chi connectivity index (χ2n) is 7.62. The van der Waals surface area contributed by atoms with Crippen LogP contribution >= 0.6 is 0 Å². The molecule has 0 aromatic heterocycles. The van der Waals surface area contributed by atoms with E-state index in [-0.39, 0.29) is 30.1 Å². The summed E-state index contributed by atoms with van der Waals surface area (Å²) in [5.41, 5.74) is 2.02. The minimum Gasteiger partial charge on any atom is -0.483 e. The topological polar surface area (TPSA) is 66.9 Å². The van der Waals surface area contributed by atoms with Crippen LogP contribution in [0.4, 0.5) is 0 Å². The molecule has 4 rings (SSSR count). The van der Waals surface area contributed by atoms with Crippen LogP contribution in [0.1, 0.15) is 6.42 Å². The molecule has 0 bridgehead atoms. The van der Waals surface area contributed by atoms with Gasteiger partial charge in [-0.3, -0.25) is 9.69 Å². The standard InChI is InChI=1S/C22H26N2O4S/c25-22(24-13-11-23(12-14-24)19-10-15-29(26,27)17-19)16-28-21-9-5-4-8-20(21)18-6-2-1-3-7-18/h1-9,19H,10-17H2/t19-/m0/s1. The summed E-state index contributed by atoms with van der Waals surface area (Å²) >= 11 is 0. The van der Waals surface area contributed by atoms with E-state index >= 15 is 0 Å². The lowest BCUT2D eigenvalue weighted by molar-refractivity contribution is -0.135. The third kappa shape index (κ3) is 4.79. The molecule has 154 valence electrons. The molecule has 29 heavy (non-hydrogen) atoms. The average molecular weight is 415 g/mol. The number of benzene rings is 2. The van der Waals surface area contributed by atoms with Crippen LogP contribution < -0.4 is 4.74 Å². The summed E-state index contributed by atoms with van der Waals surface area (Å²) in [6.07, 6.45) is 0.704. The molecule has 2 saturated heterocycles. The number of sulfone groups is 1. The van der Waals surface area contributed by atoms with Gasteiger partial charge >= 0.3 is 0 Å². The average Bonchev–Trinajstić information content (AvgIpc) is 3.12. The molecule has 0 N–H and O–H groups in total. The smallest absolute Gasteiger partial charge is 0.260 e. The van der Waals surface area contributed by atoms with Gasteiger partial charge in [-0.2, -0.15) is 0 Å². The Kier molecular flexibility index (Phi) is 5.87. The molecule has 1 amide bonds. The van der Waals surface area contributed by atoms with Crippen molar-refractivity contribution in [1.82, 2.24) is 9.80 Å². The van der Waals surface area contributed by atoms with E-state index in [1.54, 1.807) is 0 Å². The molecule has 1 atom stereocenters. The van der Waals surface area contributed by atoms with E-state index in [1.165, 1.54) is 0 Å². The van der Waals surface area contributed by atoms with Crippen LogP contribution in [0.5, 0.6) is 5.75 Å². The molecule has 2 heterocycles. The van der Waals surface area contributed by atoms with Crippen LogP contribution in [0.15, 0.2) is 54.6 Å². The maximum Gasteiger partial charge on any atom is 0.260 e. The monoisotopic (exact) mass is 414 g/mol. The summed E-state index contributed by atoms with van der Waals surface area (Å²) < 4.78 is 29.3. The molecule has 0 radical (unpaired) electrons. The fourth-order valence-corrected chi connectivity index (χ4v) is 5.84. The quantitative estimate of drug-likeness (QED) is 0.749. The molecule has 7 heteroatoms. The number of para-hydroxylation sites is 1. The zero-order chi connectivity index (χ0) is 20.3. The van der Waals surface area contributed by atoms with Crippen LogP contribution in [-0.2, 0) is 14.6 Å². The van der Waals surface area contributed by atoms with Gasteiger partial charge in [-0.15, -0.1) is 0 Å². The van der Waals surface area contributed by atoms with Crippen LogP contribution in [-0.4, -0.2) is 74.5 Å². The molecule has 0 spiro atoms. The summed E-state index contributed by atoms with van der Waals surface area (Å²) in [7, 11) is -2.88. The highest BCUT2D eigenvalue weighted by atomic mass is 32.2. The first-order chi connectivity index (χ1) is 14.0. The Labute approximate surface area is 172 Å². The van der Waals surface area contributed by atoms with E-state index in [0.29, 0.717) is 38.3 Å². The van der Waals surface area contributed by atoms with Crippen molar-refractivity contribution in [1.29, 1.82) is 0 Å². The van der Waals surface area contributed by atoms with E-state index < -0.39 is 9.84 Å². The number of hydrogen-bond donors (Lipinski definition) is 0. The van der Waals surface area contributed by atoms with Gasteiger partial charge in [0.1, 0.15) is 5.75 Å². The minimum atomic E-state index is -2.88. The maximum absolute atomic E-state index is 12.6. The van der Waals surface area contributed by atoms with Gasteiger partial charge in [0.2, 0.25) is 0 Å². The van der Waals surface area contributed by atoms with Crippen molar-refractivity contribution in [3.05, 3.63) is 54.6 Å². The lowest BCUT2D eigenvalue weighted by atomic mass is 10.1. The van der Waals surface area contributed by atoms with Gasteiger partial charge < -0.3 is 9.64 Å². The predicted octanol–water partition coefficient (Wildman–Crippen LogP) is 2.06. The molecule has 0 unspecified atom stereocenters. The predicted molar refractivity (Wildman–Crippen MR) is 113 cm³/mol. The van der Waals surface area contributed by atoms with Gasteiger partial charge in [0.15, 0.2) is 16.4 Å². The van der Waals surface area contributed by atoms with Gasteiger partial charge in [-0.25, -0.2) is 8.42 Å². The van der Waals surface area contributed by atoms with Gasteiger partial charge in [-0.05, 0) is 18.1 Å². The second-order valence-corrected chi connectivity index (χ2v) is 9.85. The fraction of sp³-hybridized carbons (Fsp3) is 0.409. The molecule has 2 aromatic rings. The highest BCUT2D eigenvalue weighted by Gasteiger charge is 2.34. The van der Waals surface area contributed by atoms with E-state index in [9.17, 15) is 13.2 Å². The summed E-state index contributed by atoms with van der Waals surface area (Å²) in [6, 6.07) is 17.8. The highest BCUT2D eigenvalue weighted by Crippen LogP contribution is 2.29. The summed E-state index contributed by atoms with van der Waals surface area (Å²) in [6.45, 7) is 2.65. The normalized spacial score (nSPS) is 21.8. The van der Waals surface area contributed by atoms with Crippen molar-refractivity contribution in [3.8, 4) is 16.9 Å². The summed E-state index contributed by atoms with van der Waals surface area (Å²) in [5, 5.41) is 0. The number of carbonyl (C=O) groups is 1. The highest BCUT2D eigenvalue weighted by molar-refractivity contribution is 7.91. The first-order valence-corrected chi connectivity index (χ1v) is 11.8. The largest absolute Gasteiger partial charge is 0.483 e. The molecule has 2 aromatic carbocycles. The lowest BCUT2D eigenvalue weighted by Gasteiger charge is -2.37. The number of nitrogens with zero attached hydrogens (tertiary/aromatic N) is 2. The Morgan fingerprint density at radius 2 is 1.66 bits per heavy atom. The zero-order valence-electron chi connectivity index (χ0n) is 16.4. The molecular weight excluding hydrogens is 388 g/mol. The van der Waals surface area contributed by atoms with Crippen LogP contribution in [0.2, 0.25) is 0 Å². The van der Waals surface area contributed by atoms with Crippen molar-refractivity contribution in [3.63, 3.8) is 0 Å². The summed E-state index contributed by atoms with van der Waals surface area (Å²) in [4.78, 5) is 16.7. The fourth-order valence-electron chi connectivity index (χ4n) is 4.08. The van der Waals surface area contributed by atoms with Gasteiger partial charge in [0, 0.05) is 37.8 Å². The van der Waals surface area contributed by atoms with Crippen molar-refractivity contribution >= 4 is 15.7 Å². The third-order valence-corrected chi connectivity index (χ3v) is 7.47.